The molecule has 0 spiro atoms. The number of nitrogens with one attached hydrogen (secondary N) is 1. The molecule has 1 rings (SSSR count). The Bertz CT molecular complexity index is 544. The van der Waals surface area contributed by atoms with Gasteiger partial charge in [-0.15, -0.1) is 0 Å². The number of carbonyl (C=O) groups is 1. The lowest BCUT2D eigenvalue weighted by Gasteiger charge is -2.19. The molecule has 118 valence electrons. The molecule has 0 bridgehead atoms. The van der Waals surface area contributed by atoms with Gasteiger partial charge in [0.2, 0.25) is 15.9 Å². The van der Waals surface area contributed by atoms with Crippen molar-refractivity contribution in [3.63, 3.8) is 0 Å². The molecule has 1 aromatic heterocycles. The van der Waals surface area contributed by atoms with Gasteiger partial charge in [-0.05, 0) is 23.6 Å². The van der Waals surface area contributed by atoms with Gasteiger partial charge in [0.25, 0.3) is 0 Å². The molecule has 0 saturated heterocycles. The van der Waals surface area contributed by atoms with Crippen LogP contribution in [0.5, 0.6) is 0 Å². The van der Waals surface area contributed by atoms with E-state index in [1.807, 2.05) is 13.8 Å². The molecule has 21 heavy (non-hydrogen) atoms. The van der Waals surface area contributed by atoms with E-state index in [1.165, 1.54) is 4.31 Å². The van der Waals surface area contributed by atoms with Gasteiger partial charge >= 0.3 is 0 Å². The fraction of sp³-hybridized carbons (Fsp3) is 0.571. The monoisotopic (exact) mass is 313 g/mol. The summed E-state index contributed by atoms with van der Waals surface area (Å²) in [5, 5.41) is 2.78. The zero-order chi connectivity index (χ0) is 15.9. The average Bonchev–Trinajstić information content (AvgIpc) is 2.41. The standard InChI is InChI=1S/C14H23N3O3S/c1-12(2)10-16-14(18)6-9-17(21(3,19)20)11-13-4-7-15-8-5-13/h4-5,7-8,12H,6,9-11H2,1-3H3,(H,16,18). The summed E-state index contributed by atoms with van der Waals surface area (Å²) in [6.45, 7) is 5.03. The Morgan fingerprint density at radius 2 is 1.95 bits per heavy atom. The summed E-state index contributed by atoms with van der Waals surface area (Å²) in [4.78, 5) is 15.6. The molecular formula is C14H23N3O3S. The predicted molar refractivity (Wildman–Crippen MR) is 82.0 cm³/mol. The minimum absolute atomic E-state index is 0.132. The van der Waals surface area contributed by atoms with Crippen molar-refractivity contribution >= 4 is 15.9 Å². The topological polar surface area (TPSA) is 79.4 Å². The van der Waals surface area contributed by atoms with Crippen molar-refractivity contribution < 1.29 is 13.2 Å². The van der Waals surface area contributed by atoms with Crippen LogP contribution < -0.4 is 5.32 Å². The third-order valence-corrected chi connectivity index (χ3v) is 4.12. The number of sulfonamides is 1. The van der Waals surface area contributed by atoms with Gasteiger partial charge in [-0.3, -0.25) is 9.78 Å². The Morgan fingerprint density at radius 1 is 1.33 bits per heavy atom. The molecule has 0 aliphatic carbocycles. The van der Waals surface area contributed by atoms with Gasteiger partial charge in [-0.2, -0.15) is 4.31 Å². The second-order valence-electron chi connectivity index (χ2n) is 5.40. The first-order valence-corrected chi connectivity index (χ1v) is 8.74. The number of hydrogen-bond acceptors (Lipinski definition) is 4. The minimum atomic E-state index is -3.36. The van der Waals surface area contributed by atoms with Gasteiger partial charge in [-0.25, -0.2) is 8.42 Å². The van der Waals surface area contributed by atoms with E-state index in [-0.39, 0.29) is 25.4 Å². The molecule has 1 aromatic rings. The number of nitrogens with zero attached hydrogens (tertiary/aromatic N) is 2. The molecule has 1 heterocycles. The van der Waals surface area contributed by atoms with Crippen LogP contribution in [0, 0.1) is 5.92 Å². The Morgan fingerprint density at radius 3 is 2.48 bits per heavy atom. The normalized spacial score (nSPS) is 11.9. The molecule has 0 aliphatic heterocycles. The van der Waals surface area contributed by atoms with Crippen molar-refractivity contribution in [1.82, 2.24) is 14.6 Å². The van der Waals surface area contributed by atoms with Crippen LogP contribution in [0.2, 0.25) is 0 Å². The zero-order valence-electron chi connectivity index (χ0n) is 12.7. The Balaban J connectivity index is 2.58. The molecule has 1 amide bonds. The number of rotatable bonds is 8. The minimum Gasteiger partial charge on any atom is -0.356 e. The third kappa shape index (κ3) is 7.19. The first-order chi connectivity index (χ1) is 9.79. The van der Waals surface area contributed by atoms with E-state index in [9.17, 15) is 13.2 Å². The summed E-state index contributed by atoms with van der Waals surface area (Å²) in [7, 11) is -3.36. The van der Waals surface area contributed by atoms with E-state index in [0.29, 0.717) is 12.5 Å². The summed E-state index contributed by atoms with van der Waals surface area (Å²) < 4.78 is 24.9. The predicted octanol–water partition coefficient (Wildman–Crippen LogP) is 1.01. The van der Waals surface area contributed by atoms with Gasteiger partial charge in [0.1, 0.15) is 0 Å². The largest absolute Gasteiger partial charge is 0.356 e. The molecule has 0 aromatic carbocycles. The van der Waals surface area contributed by atoms with Crippen molar-refractivity contribution in [2.75, 3.05) is 19.3 Å². The van der Waals surface area contributed by atoms with Crippen LogP contribution in [0.4, 0.5) is 0 Å². The van der Waals surface area contributed by atoms with Crippen LogP contribution in [0.3, 0.4) is 0 Å². The summed E-state index contributed by atoms with van der Waals surface area (Å²) >= 11 is 0. The second-order valence-corrected chi connectivity index (χ2v) is 7.38. The summed E-state index contributed by atoms with van der Waals surface area (Å²) in [5.74, 6) is 0.240. The Labute approximate surface area is 126 Å². The fourth-order valence-electron chi connectivity index (χ4n) is 1.69. The van der Waals surface area contributed by atoms with Gasteiger partial charge in [0, 0.05) is 38.4 Å². The van der Waals surface area contributed by atoms with Crippen molar-refractivity contribution in [2.45, 2.75) is 26.8 Å². The Kier molecular flexibility index (Phi) is 6.77. The van der Waals surface area contributed by atoms with E-state index >= 15 is 0 Å². The van der Waals surface area contributed by atoms with E-state index in [0.717, 1.165) is 11.8 Å². The van der Waals surface area contributed by atoms with Gasteiger partial charge in [0.05, 0.1) is 6.26 Å². The maximum Gasteiger partial charge on any atom is 0.221 e. The SMILES string of the molecule is CC(C)CNC(=O)CCN(Cc1ccncc1)S(C)(=O)=O. The van der Waals surface area contributed by atoms with Crippen LogP contribution in [-0.4, -0.2) is 43.0 Å². The first kappa shape index (κ1) is 17.6. The molecule has 0 unspecified atom stereocenters. The molecule has 1 N–H and O–H groups in total. The summed E-state index contributed by atoms with van der Waals surface area (Å²) in [5.41, 5.74) is 0.845. The van der Waals surface area contributed by atoms with Crippen molar-refractivity contribution in [1.29, 1.82) is 0 Å². The highest BCUT2D eigenvalue weighted by atomic mass is 32.2. The maximum absolute atomic E-state index is 11.8. The molecular weight excluding hydrogens is 290 g/mol. The molecule has 0 fully saturated rings. The smallest absolute Gasteiger partial charge is 0.221 e. The highest BCUT2D eigenvalue weighted by Crippen LogP contribution is 2.08. The number of aromatic nitrogens is 1. The molecule has 0 aliphatic rings. The highest BCUT2D eigenvalue weighted by Gasteiger charge is 2.18. The van der Waals surface area contributed by atoms with Crippen LogP contribution in [0.1, 0.15) is 25.8 Å². The summed E-state index contributed by atoms with van der Waals surface area (Å²) in [6, 6.07) is 3.52. The quantitative estimate of drug-likeness (QED) is 0.776. The molecule has 0 saturated carbocycles. The highest BCUT2D eigenvalue weighted by molar-refractivity contribution is 7.88. The maximum atomic E-state index is 11.8. The van der Waals surface area contributed by atoms with Crippen LogP contribution in [0.15, 0.2) is 24.5 Å². The zero-order valence-corrected chi connectivity index (χ0v) is 13.6. The second kappa shape index (κ2) is 8.09. The number of amides is 1. The van der Waals surface area contributed by atoms with E-state index in [2.05, 4.69) is 10.3 Å². The van der Waals surface area contributed by atoms with Crippen molar-refractivity contribution in [3.05, 3.63) is 30.1 Å². The molecule has 6 nitrogen and oxygen atoms in total. The third-order valence-electron chi connectivity index (χ3n) is 2.87. The van der Waals surface area contributed by atoms with E-state index in [4.69, 9.17) is 0 Å². The van der Waals surface area contributed by atoms with Crippen LogP contribution >= 0.6 is 0 Å². The molecule has 0 atom stereocenters. The van der Waals surface area contributed by atoms with Gasteiger partial charge in [0.15, 0.2) is 0 Å². The number of pyridine rings is 1. The number of hydrogen-bond donors (Lipinski definition) is 1. The Hall–Kier alpha value is -1.47. The molecule has 0 radical (unpaired) electrons. The van der Waals surface area contributed by atoms with Gasteiger partial charge < -0.3 is 5.32 Å². The van der Waals surface area contributed by atoms with Gasteiger partial charge in [-0.1, -0.05) is 13.8 Å². The van der Waals surface area contributed by atoms with Crippen LogP contribution in [-0.2, 0) is 21.4 Å². The lowest BCUT2D eigenvalue weighted by Crippen LogP contribution is -2.35. The van der Waals surface area contributed by atoms with Crippen LogP contribution in [0.25, 0.3) is 0 Å². The molecule has 7 heteroatoms. The summed E-state index contributed by atoms with van der Waals surface area (Å²) in [6.07, 6.45) is 4.54. The fourth-order valence-corrected chi connectivity index (χ4v) is 2.49. The number of carbonyl (C=O) groups excluding carboxylic acids is 1. The first-order valence-electron chi connectivity index (χ1n) is 6.89. The van der Waals surface area contributed by atoms with Crippen molar-refractivity contribution in [3.8, 4) is 0 Å². The van der Waals surface area contributed by atoms with E-state index in [1.54, 1.807) is 24.5 Å². The van der Waals surface area contributed by atoms with Crippen molar-refractivity contribution in [2.24, 2.45) is 5.92 Å². The lowest BCUT2D eigenvalue weighted by molar-refractivity contribution is -0.121. The van der Waals surface area contributed by atoms with E-state index < -0.39 is 10.0 Å². The lowest BCUT2D eigenvalue weighted by atomic mass is 10.2. The average molecular weight is 313 g/mol.